The molecule has 2 heterocycles. The first-order valence-corrected chi connectivity index (χ1v) is 5.04. The number of nitrogens with two attached hydrogens (primary N) is 1. The molecule has 1 aromatic rings. The van der Waals surface area contributed by atoms with E-state index in [2.05, 4.69) is 9.97 Å². The molecule has 0 aromatic carbocycles. The molecule has 2 N–H and O–H groups in total. The van der Waals surface area contributed by atoms with Crippen LogP contribution in [0.2, 0.25) is 0 Å². The molecule has 1 fully saturated rings. The Kier molecular flexibility index (Phi) is 1.62. The molecule has 3 rings (SSSR count). The van der Waals surface area contributed by atoms with Gasteiger partial charge in [-0.25, -0.2) is 4.98 Å². The summed E-state index contributed by atoms with van der Waals surface area (Å²) in [6.07, 6.45) is 4.24. The molecular weight excluding hydrogens is 192 g/mol. The normalized spacial score (nSPS) is 33.1. The van der Waals surface area contributed by atoms with Crippen LogP contribution in [0.15, 0.2) is 12.4 Å². The molecule has 1 aliphatic heterocycles. The third-order valence-electron chi connectivity index (χ3n) is 3.29. The van der Waals surface area contributed by atoms with Crippen molar-refractivity contribution in [3.8, 4) is 0 Å². The molecule has 2 aliphatic rings. The van der Waals surface area contributed by atoms with Gasteiger partial charge in [0.2, 0.25) is 5.91 Å². The highest BCUT2D eigenvalue weighted by Crippen LogP contribution is 2.52. The van der Waals surface area contributed by atoms with Crippen molar-refractivity contribution in [1.82, 2.24) is 9.97 Å². The second-order valence-electron chi connectivity index (χ2n) is 4.19. The smallest absolute Gasteiger partial charge is 0.245 e. The van der Waals surface area contributed by atoms with Crippen molar-refractivity contribution in [3.05, 3.63) is 18.1 Å². The van der Waals surface area contributed by atoms with Crippen LogP contribution in [-0.2, 0) is 4.79 Å². The van der Waals surface area contributed by atoms with Crippen LogP contribution in [0.1, 0.15) is 18.0 Å². The van der Waals surface area contributed by atoms with E-state index in [-0.39, 0.29) is 11.8 Å². The summed E-state index contributed by atoms with van der Waals surface area (Å²) < 4.78 is 0. The van der Waals surface area contributed by atoms with Gasteiger partial charge >= 0.3 is 0 Å². The van der Waals surface area contributed by atoms with Crippen LogP contribution in [0, 0.1) is 5.92 Å². The minimum Gasteiger partial charge on any atom is -0.320 e. The standard InChI is InChI=1S/C10H12N4O/c1-14-9-8(12-2-3-13-9)6-4-5(6)7(11)10(14)15/h2-3,5-7H,4,11H2,1H3/t5-,6?,7-/m0/s1. The molecule has 1 aromatic heterocycles. The monoisotopic (exact) mass is 204 g/mol. The molecule has 1 amide bonds. The number of fused-ring (bicyclic) bond motifs is 3. The average Bonchev–Trinajstić information content (AvgIpc) is 3.05. The third kappa shape index (κ3) is 1.10. The van der Waals surface area contributed by atoms with E-state index in [9.17, 15) is 4.79 Å². The number of amides is 1. The van der Waals surface area contributed by atoms with Crippen molar-refractivity contribution in [2.75, 3.05) is 11.9 Å². The molecule has 0 radical (unpaired) electrons. The lowest BCUT2D eigenvalue weighted by Gasteiger charge is -2.18. The van der Waals surface area contributed by atoms with Gasteiger partial charge in [0.1, 0.15) is 0 Å². The maximum absolute atomic E-state index is 11.9. The number of carbonyl (C=O) groups is 1. The second-order valence-corrected chi connectivity index (χ2v) is 4.19. The Morgan fingerprint density at radius 2 is 2.20 bits per heavy atom. The van der Waals surface area contributed by atoms with E-state index in [4.69, 9.17) is 5.73 Å². The number of carbonyl (C=O) groups excluding carboxylic acids is 1. The lowest BCUT2D eigenvalue weighted by atomic mass is 10.1. The predicted octanol–water partition coefficient (Wildman–Crippen LogP) is -0.116. The molecule has 1 aliphatic carbocycles. The molecule has 15 heavy (non-hydrogen) atoms. The quantitative estimate of drug-likeness (QED) is 0.639. The van der Waals surface area contributed by atoms with E-state index in [1.807, 2.05) is 0 Å². The highest BCUT2D eigenvalue weighted by atomic mass is 16.2. The number of likely N-dealkylation sites (N-methyl/N-ethyl adjacent to an activating group) is 1. The fraction of sp³-hybridized carbons (Fsp3) is 0.500. The third-order valence-corrected chi connectivity index (χ3v) is 3.29. The zero-order chi connectivity index (χ0) is 10.6. The van der Waals surface area contributed by atoms with E-state index in [1.165, 1.54) is 4.90 Å². The Morgan fingerprint density at radius 3 is 3.00 bits per heavy atom. The summed E-state index contributed by atoms with van der Waals surface area (Å²) in [5, 5.41) is 0. The van der Waals surface area contributed by atoms with Crippen LogP contribution in [0.25, 0.3) is 0 Å². The van der Waals surface area contributed by atoms with Crippen LogP contribution < -0.4 is 10.6 Å². The molecule has 5 heteroatoms. The van der Waals surface area contributed by atoms with Gasteiger partial charge in [-0.05, 0) is 12.3 Å². The van der Waals surface area contributed by atoms with Gasteiger partial charge in [0.05, 0.1) is 11.7 Å². The Morgan fingerprint density at radius 1 is 1.47 bits per heavy atom. The summed E-state index contributed by atoms with van der Waals surface area (Å²) in [6.45, 7) is 0. The first kappa shape index (κ1) is 8.79. The summed E-state index contributed by atoms with van der Waals surface area (Å²) in [4.78, 5) is 21.9. The number of rotatable bonds is 0. The predicted molar refractivity (Wildman–Crippen MR) is 54.3 cm³/mol. The largest absolute Gasteiger partial charge is 0.320 e. The minimum atomic E-state index is -0.393. The van der Waals surface area contributed by atoms with Gasteiger partial charge in [0, 0.05) is 25.4 Å². The fourth-order valence-corrected chi connectivity index (χ4v) is 2.30. The molecular formula is C10H12N4O. The number of hydrogen-bond donors (Lipinski definition) is 1. The summed E-state index contributed by atoms with van der Waals surface area (Å²) in [6, 6.07) is -0.393. The Hall–Kier alpha value is -1.49. The average molecular weight is 204 g/mol. The molecule has 0 spiro atoms. The van der Waals surface area contributed by atoms with Crippen LogP contribution in [0.3, 0.4) is 0 Å². The van der Waals surface area contributed by atoms with Crippen LogP contribution in [0.5, 0.6) is 0 Å². The molecule has 0 bridgehead atoms. The summed E-state index contributed by atoms with van der Waals surface area (Å²) in [5.41, 5.74) is 6.81. The SMILES string of the molecule is CN1C(=O)[C@@H](N)[C@H]2CC2c2nccnc21. The molecule has 3 atom stereocenters. The second kappa shape index (κ2) is 2.76. The van der Waals surface area contributed by atoms with Gasteiger partial charge in [-0.2, -0.15) is 0 Å². The molecule has 78 valence electrons. The molecule has 1 saturated carbocycles. The highest BCUT2D eigenvalue weighted by molar-refractivity contribution is 5.98. The molecule has 1 unspecified atom stereocenters. The maximum atomic E-state index is 11.9. The van der Waals surface area contributed by atoms with E-state index >= 15 is 0 Å². The van der Waals surface area contributed by atoms with Crippen LogP contribution >= 0.6 is 0 Å². The minimum absolute atomic E-state index is 0.0539. The van der Waals surface area contributed by atoms with Crippen LogP contribution in [0.4, 0.5) is 5.82 Å². The van der Waals surface area contributed by atoms with Crippen molar-refractivity contribution < 1.29 is 4.79 Å². The maximum Gasteiger partial charge on any atom is 0.245 e. The van der Waals surface area contributed by atoms with Gasteiger partial charge in [-0.3, -0.25) is 14.7 Å². The zero-order valence-corrected chi connectivity index (χ0v) is 8.42. The van der Waals surface area contributed by atoms with Crippen LogP contribution in [-0.4, -0.2) is 29.0 Å². The summed E-state index contributed by atoms with van der Waals surface area (Å²) >= 11 is 0. The Balaban J connectivity index is 2.14. The first-order chi connectivity index (χ1) is 7.20. The van der Waals surface area contributed by atoms with Gasteiger partial charge in [0.25, 0.3) is 0 Å². The first-order valence-electron chi connectivity index (χ1n) is 5.04. The van der Waals surface area contributed by atoms with Crippen molar-refractivity contribution in [2.24, 2.45) is 11.7 Å². The van der Waals surface area contributed by atoms with Gasteiger partial charge in [-0.1, -0.05) is 0 Å². The van der Waals surface area contributed by atoms with Crippen molar-refractivity contribution in [3.63, 3.8) is 0 Å². The van der Waals surface area contributed by atoms with E-state index in [1.54, 1.807) is 19.4 Å². The van der Waals surface area contributed by atoms with Gasteiger partial charge in [-0.15, -0.1) is 0 Å². The van der Waals surface area contributed by atoms with Gasteiger partial charge in [0.15, 0.2) is 5.82 Å². The zero-order valence-electron chi connectivity index (χ0n) is 8.42. The lowest BCUT2D eigenvalue weighted by Crippen LogP contribution is -2.42. The Bertz CT molecular complexity index is 433. The van der Waals surface area contributed by atoms with Crippen molar-refractivity contribution in [1.29, 1.82) is 0 Å². The topological polar surface area (TPSA) is 72.1 Å². The Labute approximate surface area is 87.3 Å². The van der Waals surface area contributed by atoms with E-state index in [0.717, 1.165) is 12.1 Å². The fourth-order valence-electron chi connectivity index (χ4n) is 2.30. The van der Waals surface area contributed by atoms with E-state index in [0.29, 0.717) is 11.7 Å². The highest BCUT2D eigenvalue weighted by Gasteiger charge is 2.51. The number of nitrogens with zero attached hydrogens (tertiary/aromatic N) is 3. The number of aromatic nitrogens is 2. The molecule has 0 saturated heterocycles. The number of anilines is 1. The summed E-state index contributed by atoms with van der Waals surface area (Å²) in [7, 11) is 1.71. The summed E-state index contributed by atoms with van der Waals surface area (Å²) in [5.74, 6) is 1.21. The number of hydrogen-bond acceptors (Lipinski definition) is 4. The lowest BCUT2D eigenvalue weighted by molar-refractivity contribution is -0.119. The van der Waals surface area contributed by atoms with Gasteiger partial charge < -0.3 is 5.73 Å². The van der Waals surface area contributed by atoms with Crippen molar-refractivity contribution >= 4 is 11.7 Å². The van der Waals surface area contributed by atoms with E-state index < -0.39 is 6.04 Å². The van der Waals surface area contributed by atoms with Crippen molar-refractivity contribution in [2.45, 2.75) is 18.4 Å². The molecule has 5 nitrogen and oxygen atoms in total.